The SMILES string of the molecule is [CH2-][C+]1OO[C+]1[CH2-]. The van der Waals surface area contributed by atoms with Gasteiger partial charge in [-0.05, 0) is 0 Å². The van der Waals surface area contributed by atoms with Crippen LogP contribution in [-0.2, 0) is 9.78 Å². The molecule has 0 spiro atoms. The maximum atomic E-state index is 4.25. The number of hydrogen-bond acceptors (Lipinski definition) is 2. The molecule has 0 aromatic heterocycles. The predicted octanol–water partition coefficient (Wildman–Crippen LogP) is 0.680. The molecule has 0 amide bonds. The first-order chi connectivity index (χ1) is 2.80. The second kappa shape index (κ2) is 1.06. The molecule has 0 atom stereocenters. The van der Waals surface area contributed by atoms with Gasteiger partial charge in [0.15, 0.2) is 0 Å². The molecule has 2 heteroatoms. The monoisotopic (exact) mass is 84.0 g/mol. The van der Waals surface area contributed by atoms with Crippen molar-refractivity contribution < 1.29 is 9.78 Å². The summed E-state index contributed by atoms with van der Waals surface area (Å²) in [6.07, 6.45) is 1.05. The van der Waals surface area contributed by atoms with Crippen molar-refractivity contribution in [2.45, 2.75) is 0 Å². The molecule has 1 saturated heterocycles. The van der Waals surface area contributed by atoms with Gasteiger partial charge in [0.1, 0.15) is 0 Å². The molecular formula is C4H4O2. The topological polar surface area (TPSA) is 18.5 Å². The molecule has 1 rings (SSSR count). The van der Waals surface area contributed by atoms with Crippen LogP contribution in [0.4, 0.5) is 0 Å². The van der Waals surface area contributed by atoms with Gasteiger partial charge in [0.25, 0.3) is 0 Å². The Hall–Kier alpha value is -0.340. The van der Waals surface area contributed by atoms with E-state index in [9.17, 15) is 0 Å². The van der Waals surface area contributed by atoms with Crippen molar-refractivity contribution in [2.75, 3.05) is 0 Å². The molecule has 0 aromatic rings. The van der Waals surface area contributed by atoms with E-state index in [-0.39, 0.29) is 0 Å². The first-order valence-corrected chi connectivity index (χ1v) is 1.53. The average Bonchev–Trinajstić information content (AvgIpc) is 1.61. The van der Waals surface area contributed by atoms with E-state index in [0.717, 1.165) is 0 Å². The Bertz CT molecular complexity index is 45.5. The van der Waals surface area contributed by atoms with E-state index in [0.29, 0.717) is 12.2 Å². The fourth-order valence-corrected chi connectivity index (χ4v) is 0.160. The summed E-state index contributed by atoms with van der Waals surface area (Å²) in [6.45, 7) is 6.79. The van der Waals surface area contributed by atoms with Gasteiger partial charge in [0.05, 0.1) is 0 Å². The zero-order valence-corrected chi connectivity index (χ0v) is 3.23. The first-order valence-electron chi connectivity index (χ1n) is 1.53. The van der Waals surface area contributed by atoms with Crippen LogP contribution in [0.1, 0.15) is 0 Å². The molecule has 0 aromatic carbocycles. The highest BCUT2D eigenvalue weighted by atomic mass is 17.2. The summed E-state index contributed by atoms with van der Waals surface area (Å²) < 4.78 is 0. The van der Waals surface area contributed by atoms with E-state index in [1.54, 1.807) is 0 Å². The second-order valence-electron chi connectivity index (χ2n) is 1.01. The largest absolute Gasteiger partial charge is 0.327 e. The summed E-state index contributed by atoms with van der Waals surface area (Å²) in [6, 6.07) is 0. The Balaban J connectivity index is 2.20. The van der Waals surface area contributed by atoms with Crippen molar-refractivity contribution in [1.29, 1.82) is 0 Å². The van der Waals surface area contributed by atoms with Crippen LogP contribution in [0, 0.1) is 26.1 Å². The van der Waals surface area contributed by atoms with Gasteiger partial charge in [-0.25, -0.2) is 0 Å². The van der Waals surface area contributed by atoms with E-state index in [1.807, 2.05) is 0 Å². The molecular weight excluding hydrogens is 80.0 g/mol. The van der Waals surface area contributed by atoms with Crippen molar-refractivity contribution in [3.05, 3.63) is 26.1 Å². The van der Waals surface area contributed by atoms with Crippen LogP contribution in [0.25, 0.3) is 0 Å². The molecule has 0 saturated carbocycles. The van der Waals surface area contributed by atoms with Crippen LogP contribution in [0.3, 0.4) is 0 Å². The highest BCUT2D eigenvalue weighted by Crippen LogP contribution is 2.28. The Morgan fingerprint density at radius 3 is 1.33 bits per heavy atom. The van der Waals surface area contributed by atoms with E-state index < -0.39 is 0 Å². The van der Waals surface area contributed by atoms with Crippen LogP contribution >= 0.6 is 0 Å². The molecule has 1 fully saturated rings. The van der Waals surface area contributed by atoms with Gasteiger partial charge in [-0.15, -0.1) is 0 Å². The molecule has 1 aliphatic rings. The van der Waals surface area contributed by atoms with Gasteiger partial charge >= 0.3 is 12.2 Å². The second-order valence-corrected chi connectivity index (χ2v) is 1.01. The minimum atomic E-state index is 0.523. The normalized spacial score (nSPS) is 21.0. The molecule has 1 aliphatic heterocycles. The van der Waals surface area contributed by atoms with E-state index in [4.69, 9.17) is 0 Å². The van der Waals surface area contributed by atoms with Crippen molar-refractivity contribution in [1.82, 2.24) is 0 Å². The molecule has 2 nitrogen and oxygen atoms in total. The van der Waals surface area contributed by atoms with Crippen molar-refractivity contribution >= 4 is 0 Å². The summed E-state index contributed by atoms with van der Waals surface area (Å²) in [5.74, 6) is 0. The molecule has 0 unspecified atom stereocenters. The highest BCUT2D eigenvalue weighted by Gasteiger charge is 2.44. The van der Waals surface area contributed by atoms with Crippen LogP contribution in [0.2, 0.25) is 0 Å². The standard InChI is InChI=1S/C4H4O2/c1-3-4(2)6-5-3/h1-2H2. The molecule has 32 valence electrons. The summed E-state index contributed by atoms with van der Waals surface area (Å²) >= 11 is 0. The Labute approximate surface area is 37.0 Å². The van der Waals surface area contributed by atoms with Crippen LogP contribution in [0.15, 0.2) is 0 Å². The third-order valence-corrected chi connectivity index (χ3v) is 0.554. The summed E-state index contributed by atoms with van der Waals surface area (Å²) in [7, 11) is 0. The lowest BCUT2D eigenvalue weighted by Crippen LogP contribution is -2.22. The molecule has 0 radical (unpaired) electrons. The first kappa shape index (κ1) is 3.84. The van der Waals surface area contributed by atoms with Gasteiger partial charge < -0.3 is 0 Å². The molecule has 0 bridgehead atoms. The predicted molar refractivity (Wildman–Crippen MR) is 19.4 cm³/mol. The van der Waals surface area contributed by atoms with Gasteiger partial charge in [-0.3, -0.25) is 0 Å². The molecule has 0 aliphatic carbocycles. The lowest BCUT2D eigenvalue weighted by Gasteiger charge is -2.07. The van der Waals surface area contributed by atoms with Crippen molar-refractivity contribution in [3.8, 4) is 0 Å². The molecule has 6 heavy (non-hydrogen) atoms. The van der Waals surface area contributed by atoms with E-state index >= 15 is 0 Å². The van der Waals surface area contributed by atoms with Crippen molar-refractivity contribution in [2.24, 2.45) is 0 Å². The fourth-order valence-electron chi connectivity index (χ4n) is 0.160. The van der Waals surface area contributed by atoms with Crippen LogP contribution in [-0.4, -0.2) is 0 Å². The fraction of sp³-hybridized carbons (Fsp3) is 0. The lowest BCUT2D eigenvalue weighted by atomic mass is 10.2. The third-order valence-electron chi connectivity index (χ3n) is 0.554. The van der Waals surface area contributed by atoms with E-state index in [2.05, 4.69) is 23.6 Å². The van der Waals surface area contributed by atoms with Gasteiger partial charge in [-0.1, -0.05) is 13.8 Å². The summed E-state index contributed by atoms with van der Waals surface area (Å²) in [5, 5.41) is 0. The van der Waals surface area contributed by atoms with Crippen LogP contribution in [0.5, 0.6) is 0 Å². The average molecular weight is 84.1 g/mol. The highest BCUT2D eigenvalue weighted by molar-refractivity contribution is 5.11. The minimum Gasteiger partial charge on any atom is -0.0540 e. The summed E-state index contributed by atoms with van der Waals surface area (Å²) in [5.41, 5.74) is 0. The Morgan fingerprint density at radius 1 is 1.00 bits per heavy atom. The molecule has 1 heterocycles. The maximum absolute atomic E-state index is 4.25. The van der Waals surface area contributed by atoms with Gasteiger partial charge in [0.2, 0.25) is 0 Å². The number of hydrogen-bond donors (Lipinski definition) is 0. The van der Waals surface area contributed by atoms with Gasteiger partial charge in [0, 0.05) is 9.78 Å². The third kappa shape index (κ3) is 0.345. The smallest absolute Gasteiger partial charge is 0.0540 e. The maximum Gasteiger partial charge on any atom is 0.327 e. The Kier molecular flexibility index (Phi) is 0.680. The lowest BCUT2D eigenvalue weighted by molar-refractivity contribution is -0.347. The minimum absolute atomic E-state index is 0.523. The van der Waals surface area contributed by atoms with Gasteiger partial charge in [-0.2, -0.15) is 0 Å². The zero-order chi connectivity index (χ0) is 4.57. The quantitative estimate of drug-likeness (QED) is 0.317. The van der Waals surface area contributed by atoms with Crippen LogP contribution < -0.4 is 0 Å². The zero-order valence-electron chi connectivity index (χ0n) is 3.23. The Morgan fingerprint density at radius 2 is 1.33 bits per heavy atom. The summed E-state index contributed by atoms with van der Waals surface area (Å²) in [4.78, 5) is 8.50. The van der Waals surface area contributed by atoms with Crippen molar-refractivity contribution in [3.63, 3.8) is 0 Å². The molecule has 0 N–H and O–H groups in total. The number of rotatable bonds is 0. The van der Waals surface area contributed by atoms with E-state index in [1.165, 1.54) is 0 Å².